The van der Waals surface area contributed by atoms with E-state index in [1.54, 1.807) is 24.3 Å². The topological polar surface area (TPSA) is 70.2 Å². The molecule has 19 heavy (non-hydrogen) atoms. The van der Waals surface area contributed by atoms with E-state index in [-0.39, 0.29) is 11.8 Å². The highest BCUT2D eigenvalue weighted by atomic mass is 16.2. The maximum Gasteiger partial charge on any atom is 0.253 e. The molecule has 0 unspecified atom stereocenters. The van der Waals surface area contributed by atoms with E-state index in [1.807, 2.05) is 14.0 Å². The van der Waals surface area contributed by atoms with Gasteiger partial charge in [-0.3, -0.25) is 9.59 Å². The van der Waals surface area contributed by atoms with Crippen molar-refractivity contribution in [3.05, 3.63) is 29.8 Å². The molecule has 104 valence electrons. The van der Waals surface area contributed by atoms with E-state index in [9.17, 15) is 9.59 Å². The summed E-state index contributed by atoms with van der Waals surface area (Å²) < 4.78 is 0. The lowest BCUT2D eigenvalue weighted by molar-refractivity contribution is -0.116. The fourth-order valence-electron chi connectivity index (χ4n) is 1.68. The average molecular weight is 263 g/mol. The van der Waals surface area contributed by atoms with Gasteiger partial charge in [0.2, 0.25) is 5.91 Å². The Kier molecular flexibility index (Phi) is 6.60. The molecule has 0 aliphatic rings. The SMILES string of the molecule is CCNC(=O)c1ccccc1NC(=O)CCCNC. The van der Waals surface area contributed by atoms with Crippen molar-refractivity contribution in [2.24, 2.45) is 0 Å². The van der Waals surface area contributed by atoms with Crippen molar-refractivity contribution < 1.29 is 9.59 Å². The zero-order valence-corrected chi connectivity index (χ0v) is 11.5. The second-order valence-electron chi connectivity index (χ2n) is 4.16. The van der Waals surface area contributed by atoms with Crippen molar-refractivity contribution in [1.29, 1.82) is 0 Å². The lowest BCUT2D eigenvalue weighted by Crippen LogP contribution is -2.25. The number of benzene rings is 1. The van der Waals surface area contributed by atoms with E-state index < -0.39 is 0 Å². The van der Waals surface area contributed by atoms with Gasteiger partial charge in [0.1, 0.15) is 0 Å². The molecule has 5 heteroatoms. The van der Waals surface area contributed by atoms with E-state index in [2.05, 4.69) is 16.0 Å². The predicted molar refractivity (Wildman–Crippen MR) is 76.2 cm³/mol. The molecule has 0 aliphatic carbocycles. The number of nitrogens with one attached hydrogen (secondary N) is 3. The van der Waals surface area contributed by atoms with Crippen LogP contribution < -0.4 is 16.0 Å². The van der Waals surface area contributed by atoms with Crippen molar-refractivity contribution in [1.82, 2.24) is 10.6 Å². The molecule has 1 aromatic rings. The van der Waals surface area contributed by atoms with Crippen LogP contribution in [0.15, 0.2) is 24.3 Å². The third-order valence-electron chi connectivity index (χ3n) is 2.61. The van der Waals surface area contributed by atoms with Gasteiger partial charge < -0.3 is 16.0 Å². The third-order valence-corrected chi connectivity index (χ3v) is 2.61. The first-order valence-electron chi connectivity index (χ1n) is 6.50. The summed E-state index contributed by atoms with van der Waals surface area (Å²) in [6.45, 7) is 3.21. The second-order valence-corrected chi connectivity index (χ2v) is 4.16. The van der Waals surface area contributed by atoms with Gasteiger partial charge in [-0.2, -0.15) is 0 Å². The van der Waals surface area contributed by atoms with Crippen LogP contribution in [0.1, 0.15) is 30.1 Å². The van der Waals surface area contributed by atoms with Crippen LogP contribution in [0.2, 0.25) is 0 Å². The van der Waals surface area contributed by atoms with Crippen LogP contribution in [0, 0.1) is 0 Å². The van der Waals surface area contributed by atoms with Gasteiger partial charge in [0.05, 0.1) is 11.3 Å². The highest BCUT2D eigenvalue weighted by molar-refractivity contribution is 6.03. The number of rotatable bonds is 7. The highest BCUT2D eigenvalue weighted by Gasteiger charge is 2.11. The summed E-state index contributed by atoms with van der Waals surface area (Å²) in [5, 5.41) is 8.50. The first-order chi connectivity index (χ1) is 9.19. The largest absolute Gasteiger partial charge is 0.352 e. The first-order valence-corrected chi connectivity index (χ1v) is 6.50. The maximum atomic E-state index is 11.8. The Labute approximate surface area is 113 Å². The standard InChI is InChI=1S/C14H21N3O2/c1-3-16-14(19)11-7-4-5-8-12(11)17-13(18)9-6-10-15-2/h4-5,7-8,15H,3,6,9-10H2,1-2H3,(H,16,19)(H,17,18). The van der Waals surface area contributed by atoms with Crippen molar-refractivity contribution in [3.63, 3.8) is 0 Å². The Morgan fingerprint density at radius 3 is 2.63 bits per heavy atom. The van der Waals surface area contributed by atoms with Crippen LogP contribution in [0.3, 0.4) is 0 Å². The molecule has 0 fully saturated rings. The predicted octanol–water partition coefficient (Wildman–Crippen LogP) is 1.37. The summed E-state index contributed by atoms with van der Waals surface area (Å²) in [5.41, 5.74) is 1.05. The molecule has 0 aromatic heterocycles. The van der Waals surface area contributed by atoms with Gasteiger partial charge in [0.15, 0.2) is 0 Å². The van der Waals surface area contributed by atoms with Gasteiger partial charge in [-0.1, -0.05) is 12.1 Å². The Morgan fingerprint density at radius 1 is 1.21 bits per heavy atom. The van der Waals surface area contributed by atoms with Gasteiger partial charge in [-0.05, 0) is 39.1 Å². The van der Waals surface area contributed by atoms with Crippen LogP contribution in [0.5, 0.6) is 0 Å². The minimum absolute atomic E-state index is 0.0769. The van der Waals surface area contributed by atoms with Gasteiger partial charge in [0.25, 0.3) is 5.91 Å². The smallest absolute Gasteiger partial charge is 0.253 e. The number of amides is 2. The summed E-state index contributed by atoms with van der Waals surface area (Å²) >= 11 is 0. The summed E-state index contributed by atoms with van der Waals surface area (Å²) in [7, 11) is 1.85. The minimum atomic E-state index is -0.173. The zero-order valence-electron chi connectivity index (χ0n) is 11.5. The van der Waals surface area contributed by atoms with E-state index in [0.717, 1.165) is 13.0 Å². The molecule has 0 saturated heterocycles. The molecule has 0 bridgehead atoms. The zero-order chi connectivity index (χ0) is 14.1. The number of para-hydroxylation sites is 1. The average Bonchev–Trinajstić information content (AvgIpc) is 2.40. The monoisotopic (exact) mass is 263 g/mol. The van der Waals surface area contributed by atoms with Crippen LogP contribution >= 0.6 is 0 Å². The Hall–Kier alpha value is -1.88. The van der Waals surface area contributed by atoms with Crippen molar-refractivity contribution in [3.8, 4) is 0 Å². The van der Waals surface area contributed by atoms with Crippen molar-refractivity contribution in [2.45, 2.75) is 19.8 Å². The lowest BCUT2D eigenvalue weighted by atomic mass is 10.1. The van der Waals surface area contributed by atoms with E-state index >= 15 is 0 Å². The molecular weight excluding hydrogens is 242 g/mol. The first kappa shape index (κ1) is 15.2. The molecule has 0 radical (unpaired) electrons. The number of hydrogen-bond donors (Lipinski definition) is 3. The number of carbonyl (C=O) groups is 2. The van der Waals surface area contributed by atoms with Gasteiger partial charge in [-0.25, -0.2) is 0 Å². The van der Waals surface area contributed by atoms with Gasteiger partial charge in [-0.15, -0.1) is 0 Å². The summed E-state index contributed by atoms with van der Waals surface area (Å²) in [6, 6.07) is 7.02. The molecule has 5 nitrogen and oxygen atoms in total. The highest BCUT2D eigenvalue weighted by Crippen LogP contribution is 2.15. The van der Waals surface area contributed by atoms with Crippen LogP contribution in [-0.2, 0) is 4.79 Å². The Balaban J connectivity index is 2.67. The molecule has 1 aromatic carbocycles. The van der Waals surface area contributed by atoms with Crippen LogP contribution in [-0.4, -0.2) is 32.0 Å². The van der Waals surface area contributed by atoms with Gasteiger partial charge in [0, 0.05) is 13.0 Å². The normalized spacial score (nSPS) is 10.0. The second kappa shape index (κ2) is 8.26. The number of hydrogen-bond acceptors (Lipinski definition) is 3. The fourth-order valence-corrected chi connectivity index (χ4v) is 1.68. The summed E-state index contributed by atoms with van der Waals surface area (Å²) in [5.74, 6) is -0.249. The van der Waals surface area contributed by atoms with Crippen molar-refractivity contribution in [2.75, 3.05) is 25.5 Å². The van der Waals surface area contributed by atoms with E-state index in [4.69, 9.17) is 0 Å². The molecule has 0 aliphatic heterocycles. The van der Waals surface area contributed by atoms with E-state index in [1.165, 1.54) is 0 Å². The van der Waals surface area contributed by atoms with Crippen molar-refractivity contribution >= 4 is 17.5 Å². The molecular formula is C14H21N3O2. The molecule has 0 atom stereocenters. The quantitative estimate of drug-likeness (QED) is 0.651. The third kappa shape index (κ3) is 5.09. The molecule has 2 amide bonds. The number of anilines is 1. The minimum Gasteiger partial charge on any atom is -0.352 e. The molecule has 0 heterocycles. The van der Waals surface area contributed by atoms with Gasteiger partial charge >= 0.3 is 0 Å². The Morgan fingerprint density at radius 2 is 1.95 bits per heavy atom. The molecule has 0 saturated carbocycles. The van der Waals surface area contributed by atoms with E-state index in [0.29, 0.717) is 24.2 Å². The van der Waals surface area contributed by atoms with Crippen LogP contribution in [0.4, 0.5) is 5.69 Å². The molecule has 1 rings (SSSR count). The maximum absolute atomic E-state index is 11.8. The molecule has 3 N–H and O–H groups in total. The Bertz CT molecular complexity index is 432. The summed E-state index contributed by atoms with van der Waals surface area (Å²) in [6.07, 6.45) is 1.20. The fraction of sp³-hybridized carbons (Fsp3) is 0.429. The summed E-state index contributed by atoms with van der Waals surface area (Å²) in [4.78, 5) is 23.6. The molecule has 0 spiro atoms. The lowest BCUT2D eigenvalue weighted by Gasteiger charge is -2.10. The number of carbonyl (C=O) groups excluding carboxylic acids is 2. The van der Waals surface area contributed by atoms with Crippen LogP contribution in [0.25, 0.3) is 0 Å².